The van der Waals surface area contributed by atoms with E-state index in [1.807, 2.05) is 12.4 Å². The van der Waals surface area contributed by atoms with E-state index in [1.165, 1.54) is 121 Å². The maximum Gasteiger partial charge on any atom is 1.00 e. The minimum atomic E-state index is -0.970. The van der Waals surface area contributed by atoms with Crippen molar-refractivity contribution in [3.63, 3.8) is 0 Å². The molecule has 0 atom stereocenters. The molecule has 0 unspecified atom stereocenters. The third-order valence-corrected chi connectivity index (χ3v) is 17.5. The van der Waals surface area contributed by atoms with Crippen LogP contribution in [0.4, 0.5) is 4.39 Å². The van der Waals surface area contributed by atoms with Gasteiger partial charge in [0.2, 0.25) is 0 Å². The molecule has 27 heteroatoms. The summed E-state index contributed by atoms with van der Waals surface area (Å²) in [4.78, 5) is 54.0. The van der Waals surface area contributed by atoms with E-state index in [0.29, 0.717) is 72.0 Å². The molecule has 17 rings (SSSR count). The topological polar surface area (TPSA) is 273 Å². The summed E-state index contributed by atoms with van der Waals surface area (Å²) >= 11 is 5.90. The Morgan fingerprint density at radius 3 is 1.40 bits per heavy atom. The van der Waals surface area contributed by atoms with Crippen molar-refractivity contribution in [3.05, 3.63) is 195 Å². The Kier molecular flexibility index (Phi) is 16.8. The molecule has 90 heavy (non-hydrogen) atoms. The number of fused-ring (bicyclic) bond motifs is 4. The molecule has 0 aromatic carbocycles. The van der Waals surface area contributed by atoms with Crippen LogP contribution in [0, 0.1) is 5.82 Å². The number of aromatic nitrogens is 14. The summed E-state index contributed by atoms with van der Waals surface area (Å²) in [6.45, 7) is 5.98. The second-order valence-corrected chi connectivity index (χ2v) is 24.2. The number of ether oxygens (including phenoxy) is 4. The Hall–Kier alpha value is -8.54. The van der Waals surface area contributed by atoms with Crippen molar-refractivity contribution in [1.29, 1.82) is 0 Å². The first-order chi connectivity index (χ1) is 42.9. The Balaban J connectivity index is 0.000000126. The van der Waals surface area contributed by atoms with Gasteiger partial charge in [-0.05, 0) is 97.2 Å². The average Bonchev–Trinajstić information content (AvgIpc) is 1.66. The third-order valence-electron chi connectivity index (χ3n) is 17.2. The van der Waals surface area contributed by atoms with Gasteiger partial charge >= 0.3 is 30.8 Å². The fraction of sp³-hybridized carbons (Fsp3) is 0.365. The summed E-state index contributed by atoms with van der Waals surface area (Å²) in [6, 6.07) is 8.38. The average molecular weight is 1230 g/mol. The Morgan fingerprint density at radius 1 is 0.600 bits per heavy atom. The first-order valence-electron chi connectivity index (χ1n) is 29.7. The minimum absolute atomic E-state index is 0. The van der Waals surface area contributed by atoms with E-state index in [2.05, 4.69) is 81.8 Å². The van der Waals surface area contributed by atoms with E-state index in [4.69, 9.17) is 50.6 Å². The summed E-state index contributed by atoms with van der Waals surface area (Å²) in [5.41, 5.74) is 15.2. The number of methoxy groups -OCH3 is 1. The maximum atomic E-state index is 14.5. The molecule has 24 nitrogen and oxygen atoms in total. The van der Waals surface area contributed by atoms with E-state index < -0.39 is 11.8 Å². The molecule has 3 aliphatic carbocycles. The van der Waals surface area contributed by atoms with Crippen LogP contribution in [0.15, 0.2) is 111 Å². The number of amides is 1. The summed E-state index contributed by atoms with van der Waals surface area (Å²) in [5.74, 6) is 1.01. The van der Waals surface area contributed by atoms with E-state index in [9.17, 15) is 18.8 Å². The number of carbonyl (C=O) groups excluding carboxylic acids is 2. The largest absolute Gasteiger partial charge is 1.00 e. The monoisotopic (exact) mass is 1230 g/mol. The number of imidazole rings is 4. The maximum absolute atomic E-state index is 14.5. The van der Waals surface area contributed by atoms with Crippen molar-refractivity contribution in [2.24, 2.45) is 0 Å². The summed E-state index contributed by atoms with van der Waals surface area (Å²) in [5, 5.41) is 24.5. The van der Waals surface area contributed by atoms with Gasteiger partial charge < -0.3 is 52.4 Å². The van der Waals surface area contributed by atoms with Crippen LogP contribution in [0.1, 0.15) is 161 Å². The number of halogens is 2. The molecular weight excluding hydrogens is 1170 g/mol. The molecule has 0 spiro atoms. The van der Waals surface area contributed by atoms with Gasteiger partial charge in [-0.3, -0.25) is 18.8 Å². The summed E-state index contributed by atoms with van der Waals surface area (Å²) in [7, 11) is 1.37. The number of carbonyl (C=O) groups is 3. The van der Waals surface area contributed by atoms with Crippen molar-refractivity contribution in [1.82, 2.24) is 72.2 Å². The van der Waals surface area contributed by atoms with Crippen molar-refractivity contribution in [3.8, 4) is 0 Å². The molecule has 3 aliphatic heterocycles. The number of esters is 1. The number of pyridine rings is 4. The molecule has 0 radical (unpaired) electrons. The SMILES string of the molecule is COC(=O)c1cnn(Cc2cn3cc(C4CC4)cc(C4COC4)c3n2)c1.O=C(NCc1ncn2ccc(Cl)c(F)c12)c1cnn(Cc2cn3cc(C4CC4)cc(C4COC4)c3n2)c1.O=C(O)c1cnn(Cc2cn3cc(C4CC4)cc(C4COC4)c3n2)c1.[Li+].[OH-]. The molecule has 3 saturated heterocycles. The van der Waals surface area contributed by atoms with Crippen LogP contribution < -0.4 is 24.2 Å². The first kappa shape index (κ1) is 60.4. The standard InChI is InChI=1S/C26H23ClFN7O2.C19H20N4O3.C18H18N4O3.Li.H2O/c27-21-3-4-33-14-30-22(24(33)23(21)28)7-29-26(36)17-6-31-35(9-17)11-19-10-34-8-16(15-1-2-15)5-20(25(34)32-19)18-12-37-13-18;1-25-19(24)14-5-20-23(7-14)9-16-8-22-6-13(12-2-3-12)4-17(18(22)21-16)15-10-26-11-15;23-18(24)13-4-19-22(6-13)8-15-7-21-5-12(11-1-2-11)3-16(17(21)20-15)14-9-25-10-14;;/h3-6,8-10,14-15,18H,1-2,7,11-13H2,(H,29,36);4-8,12,15H,2-3,9-11H2,1H3;3-7,11,14H,1-2,8-10H2,(H,23,24);;1H2/q;;;+1;/p-1. The van der Waals surface area contributed by atoms with Crippen LogP contribution in [-0.2, 0) is 45.1 Å². The van der Waals surface area contributed by atoms with Gasteiger partial charge in [0.05, 0.1) is 142 Å². The number of nitrogens with zero attached hydrogens (tertiary/aromatic N) is 14. The van der Waals surface area contributed by atoms with Gasteiger partial charge in [-0.2, -0.15) is 15.3 Å². The van der Waals surface area contributed by atoms with E-state index in [0.717, 1.165) is 73.7 Å². The van der Waals surface area contributed by atoms with Crippen molar-refractivity contribution in [2.45, 2.75) is 100 Å². The van der Waals surface area contributed by atoms with Gasteiger partial charge in [0.25, 0.3) is 5.91 Å². The smallest absolute Gasteiger partial charge is 0.870 e. The molecular formula is C63H62ClFLiN15O9. The van der Waals surface area contributed by atoms with E-state index in [1.54, 1.807) is 32.6 Å². The number of nitrogens with one attached hydrogen (secondary N) is 1. The molecule has 0 bridgehead atoms. The van der Waals surface area contributed by atoms with Gasteiger partial charge in [-0.25, -0.2) is 33.9 Å². The molecule has 11 aromatic heterocycles. The van der Waals surface area contributed by atoms with Gasteiger partial charge in [0.15, 0.2) is 5.82 Å². The zero-order valence-corrected chi connectivity index (χ0v) is 50.2. The predicted molar refractivity (Wildman–Crippen MR) is 318 cm³/mol. The molecule has 6 aliphatic rings. The fourth-order valence-corrected chi connectivity index (χ4v) is 11.8. The van der Waals surface area contributed by atoms with Crippen LogP contribution >= 0.6 is 11.6 Å². The van der Waals surface area contributed by atoms with E-state index in [-0.39, 0.29) is 58.9 Å². The molecule has 3 N–H and O–H groups in total. The van der Waals surface area contributed by atoms with Gasteiger partial charge in [-0.15, -0.1) is 0 Å². The number of hydrogen-bond acceptors (Lipinski definition) is 15. The molecule has 3 saturated carbocycles. The van der Waals surface area contributed by atoms with Gasteiger partial charge in [-0.1, -0.05) is 11.6 Å². The van der Waals surface area contributed by atoms with E-state index >= 15 is 0 Å². The Bertz CT molecular complexity index is 4500. The molecule has 11 aromatic rings. The molecule has 1 amide bonds. The van der Waals surface area contributed by atoms with Crippen LogP contribution in [-0.4, -0.2) is 142 Å². The molecule has 6 fully saturated rings. The number of hydrogen-bond donors (Lipinski definition) is 2. The Labute approximate surface area is 530 Å². The summed E-state index contributed by atoms with van der Waals surface area (Å²) < 4.78 is 48.3. The second-order valence-electron chi connectivity index (χ2n) is 23.8. The normalized spacial score (nSPS) is 16.5. The first-order valence-corrected chi connectivity index (χ1v) is 30.0. The van der Waals surface area contributed by atoms with Crippen LogP contribution in [0.5, 0.6) is 0 Å². The number of carboxylic acid groups (broad SMARTS) is 1. The van der Waals surface area contributed by atoms with Crippen LogP contribution in [0.25, 0.3) is 22.5 Å². The van der Waals surface area contributed by atoms with Crippen molar-refractivity contribution >= 4 is 51.9 Å². The molecule has 458 valence electrons. The van der Waals surface area contributed by atoms with Crippen molar-refractivity contribution in [2.75, 3.05) is 46.8 Å². The van der Waals surface area contributed by atoms with Crippen molar-refractivity contribution < 1.29 is 67.2 Å². The number of carboxylic acids is 1. The third kappa shape index (κ3) is 12.4. The number of rotatable bonds is 17. The molecule has 14 heterocycles. The predicted octanol–water partition coefficient (Wildman–Crippen LogP) is 5.39. The zero-order chi connectivity index (χ0) is 59.7. The zero-order valence-electron chi connectivity index (χ0n) is 49.4. The number of aromatic carboxylic acids is 1. The van der Waals surface area contributed by atoms with Gasteiger partial charge in [0, 0.05) is 96.4 Å². The van der Waals surface area contributed by atoms with Crippen LogP contribution in [0.2, 0.25) is 5.02 Å². The van der Waals surface area contributed by atoms with Gasteiger partial charge in [0.1, 0.15) is 22.5 Å². The second kappa shape index (κ2) is 25.0. The van der Waals surface area contributed by atoms with Crippen LogP contribution in [0.3, 0.4) is 0 Å². The quantitative estimate of drug-likeness (QED) is 0.0854. The fourth-order valence-electron chi connectivity index (χ4n) is 11.7. The minimum Gasteiger partial charge on any atom is -0.870 e. The Morgan fingerprint density at radius 2 is 1.01 bits per heavy atom. The summed E-state index contributed by atoms with van der Waals surface area (Å²) in [6.07, 6.45) is 32.6.